The Labute approximate surface area is 177 Å². The number of fused-ring (bicyclic) bond motifs is 2. The summed E-state index contributed by atoms with van der Waals surface area (Å²) in [4.78, 5) is 25.9. The fourth-order valence-electron chi connectivity index (χ4n) is 4.12. The molecule has 152 valence electrons. The molecular weight excluding hydrogens is 396 g/mol. The number of carbonyl (C=O) groups excluding carboxylic acids is 2. The van der Waals surface area contributed by atoms with Crippen LogP contribution in [0.3, 0.4) is 0 Å². The molecule has 2 amide bonds. The molecule has 7 heteroatoms. The predicted molar refractivity (Wildman–Crippen MR) is 121 cm³/mol. The SMILES string of the molecule is O=C(Nc1cc(-c2cc3ccccc3s2)c2[nH]ncc2c1)C(=O)NC1CCCCC1. The average Bonchev–Trinajstić information content (AvgIpc) is 3.40. The van der Waals surface area contributed by atoms with Gasteiger partial charge in [0.1, 0.15) is 0 Å². The van der Waals surface area contributed by atoms with E-state index in [0.717, 1.165) is 47.0 Å². The van der Waals surface area contributed by atoms with Gasteiger partial charge in [0.15, 0.2) is 0 Å². The first-order valence-electron chi connectivity index (χ1n) is 10.3. The minimum Gasteiger partial charge on any atom is -0.345 e. The van der Waals surface area contributed by atoms with E-state index in [1.165, 1.54) is 16.5 Å². The van der Waals surface area contributed by atoms with Gasteiger partial charge in [0.05, 0.1) is 11.7 Å². The lowest BCUT2D eigenvalue weighted by molar-refractivity contribution is -0.136. The molecule has 0 saturated heterocycles. The molecular formula is C23H22N4O2S. The summed E-state index contributed by atoms with van der Waals surface area (Å²) >= 11 is 1.69. The third-order valence-corrected chi connectivity index (χ3v) is 6.79. The van der Waals surface area contributed by atoms with Crippen molar-refractivity contribution in [3.8, 4) is 10.4 Å². The molecule has 0 bridgehead atoms. The van der Waals surface area contributed by atoms with E-state index in [2.05, 4.69) is 39.0 Å². The van der Waals surface area contributed by atoms with E-state index in [1.807, 2.05) is 24.3 Å². The molecule has 0 aliphatic heterocycles. The van der Waals surface area contributed by atoms with Crippen molar-refractivity contribution in [2.45, 2.75) is 38.1 Å². The number of aromatic amines is 1. The summed E-state index contributed by atoms with van der Waals surface area (Å²) in [7, 11) is 0. The Kier molecular flexibility index (Phi) is 4.96. The van der Waals surface area contributed by atoms with Crippen LogP contribution in [0.4, 0.5) is 5.69 Å². The first-order chi connectivity index (χ1) is 14.7. The van der Waals surface area contributed by atoms with Crippen LogP contribution < -0.4 is 10.6 Å². The molecule has 3 N–H and O–H groups in total. The van der Waals surface area contributed by atoms with Crippen LogP contribution in [0, 0.1) is 0 Å². The third-order valence-electron chi connectivity index (χ3n) is 5.64. The molecule has 1 aliphatic rings. The second-order valence-corrected chi connectivity index (χ2v) is 8.85. The summed E-state index contributed by atoms with van der Waals surface area (Å²) in [6.07, 6.45) is 7.00. The average molecular weight is 419 g/mol. The quantitative estimate of drug-likeness (QED) is 0.416. The van der Waals surface area contributed by atoms with Crippen molar-refractivity contribution in [2.75, 3.05) is 5.32 Å². The van der Waals surface area contributed by atoms with E-state index in [0.29, 0.717) is 5.69 Å². The lowest BCUT2D eigenvalue weighted by atomic mass is 9.95. The number of aromatic nitrogens is 2. The fraction of sp³-hybridized carbons (Fsp3) is 0.261. The Morgan fingerprint density at radius 1 is 1.00 bits per heavy atom. The van der Waals surface area contributed by atoms with E-state index in [4.69, 9.17) is 0 Å². The van der Waals surface area contributed by atoms with Crippen LogP contribution in [0.5, 0.6) is 0 Å². The maximum absolute atomic E-state index is 12.5. The van der Waals surface area contributed by atoms with Crippen LogP contribution >= 0.6 is 11.3 Å². The summed E-state index contributed by atoms with van der Waals surface area (Å²) in [5.41, 5.74) is 2.44. The molecule has 0 unspecified atom stereocenters. The van der Waals surface area contributed by atoms with E-state index in [1.54, 1.807) is 17.5 Å². The first kappa shape index (κ1) is 18.8. The molecule has 2 heterocycles. The van der Waals surface area contributed by atoms with Gasteiger partial charge in [-0.05, 0) is 42.5 Å². The fourth-order valence-corrected chi connectivity index (χ4v) is 5.21. The van der Waals surface area contributed by atoms with Crippen molar-refractivity contribution in [3.05, 3.63) is 48.7 Å². The van der Waals surface area contributed by atoms with Gasteiger partial charge in [0.2, 0.25) is 0 Å². The van der Waals surface area contributed by atoms with Crippen LogP contribution in [0.25, 0.3) is 31.4 Å². The summed E-state index contributed by atoms with van der Waals surface area (Å²) in [5, 5.41) is 14.9. The Balaban J connectivity index is 1.42. The highest BCUT2D eigenvalue weighted by Gasteiger charge is 2.21. The number of anilines is 1. The maximum atomic E-state index is 12.5. The molecule has 0 spiro atoms. The molecule has 1 fully saturated rings. The van der Waals surface area contributed by atoms with Gasteiger partial charge in [-0.3, -0.25) is 14.7 Å². The van der Waals surface area contributed by atoms with E-state index >= 15 is 0 Å². The van der Waals surface area contributed by atoms with Gasteiger partial charge >= 0.3 is 11.8 Å². The van der Waals surface area contributed by atoms with Crippen LogP contribution in [0.1, 0.15) is 32.1 Å². The number of amides is 2. The van der Waals surface area contributed by atoms with Crippen molar-refractivity contribution in [2.24, 2.45) is 0 Å². The molecule has 1 aliphatic carbocycles. The molecule has 30 heavy (non-hydrogen) atoms. The minimum absolute atomic E-state index is 0.0995. The molecule has 4 aromatic rings. The van der Waals surface area contributed by atoms with Crippen LogP contribution in [-0.2, 0) is 9.59 Å². The zero-order chi connectivity index (χ0) is 20.5. The van der Waals surface area contributed by atoms with E-state index < -0.39 is 11.8 Å². The van der Waals surface area contributed by atoms with Gasteiger partial charge in [-0.25, -0.2) is 0 Å². The van der Waals surface area contributed by atoms with Crippen molar-refractivity contribution >= 4 is 49.8 Å². The molecule has 0 atom stereocenters. The van der Waals surface area contributed by atoms with Gasteiger partial charge in [0, 0.05) is 32.3 Å². The molecule has 6 nitrogen and oxygen atoms in total. The summed E-state index contributed by atoms with van der Waals surface area (Å²) in [6.45, 7) is 0. The van der Waals surface area contributed by atoms with Gasteiger partial charge in [-0.15, -0.1) is 11.3 Å². The maximum Gasteiger partial charge on any atom is 0.313 e. The number of nitrogens with zero attached hydrogens (tertiary/aromatic N) is 1. The van der Waals surface area contributed by atoms with Crippen LogP contribution in [-0.4, -0.2) is 28.1 Å². The van der Waals surface area contributed by atoms with E-state index in [9.17, 15) is 9.59 Å². The zero-order valence-corrected chi connectivity index (χ0v) is 17.2. The lowest BCUT2D eigenvalue weighted by Crippen LogP contribution is -2.42. The molecule has 0 radical (unpaired) electrons. The number of benzene rings is 2. The molecule has 2 aromatic carbocycles. The number of hydrogen-bond acceptors (Lipinski definition) is 4. The third kappa shape index (κ3) is 3.68. The lowest BCUT2D eigenvalue weighted by Gasteiger charge is -2.22. The Hall–Kier alpha value is -3.19. The smallest absolute Gasteiger partial charge is 0.313 e. The summed E-state index contributed by atoms with van der Waals surface area (Å²) < 4.78 is 1.20. The molecule has 1 saturated carbocycles. The zero-order valence-electron chi connectivity index (χ0n) is 16.4. The van der Waals surface area contributed by atoms with Gasteiger partial charge in [0.25, 0.3) is 0 Å². The summed E-state index contributed by atoms with van der Waals surface area (Å²) in [5.74, 6) is -1.21. The van der Waals surface area contributed by atoms with Crippen molar-refractivity contribution in [3.63, 3.8) is 0 Å². The van der Waals surface area contributed by atoms with Crippen molar-refractivity contribution in [1.82, 2.24) is 15.5 Å². The Morgan fingerprint density at radius 3 is 2.67 bits per heavy atom. The van der Waals surface area contributed by atoms with Crippen LogP contribution in [0.15, 0.2) is 48.7 Å². The molecule has 5 rings (SSSR count). The van der Waals surface area contributed by atoms with Gasteiger partial charge < -0.3 is 10.6 Å². The standard InChI is InChI=1S/C23H22N4O2S/c28-22(25-16-7-2-1-3-8-16)23(29)26-17-10-15-13-24-27-21(15)18(12-17)20-11-14-6-4-5-9-19(14)30-20/h4-6,9-13,16H,1-3,7-8H2,(H,24,27)(H,25,28)(H,26,29). The number of H-pyrrole nitrogens is 1. The van der Waals surface area contributed by atoms with E-state index in [-0.39, 0.29) is 6.04 Å². The highest BCUT2D eigenvalue weighted by atomic mass is 32.1. The number of thiophene rings is 1. The number of rotatable bonds is 3. The van der Waals surface area contributed by atoms with Crippen LogP contribution in [0.2, 0.25) is 0 Å². The number of carbonyl (C=O) groups is 2. The Morgan fingerprint density at radius 2 is 1.83 bits per heavy atom. The Bertz CT molecular complexity index is 1200. The highest BCUT2D eigenvalue weighted by molar-refractivity contribution is 7.22. The van der Waals surface area contributed by atoms with Gasteiger partial charge in [-0.1, -0.05) is 37.5 Å². The molecule has 2 aromatic heterocycles. The summed E-state index contributed by atoms with van der Waals surface area (Å²) in [6, 6.07) is 14.2. The second kappa shape index (κ2) is 7.91. The number of hydrogen-bond donors (Lipinski definition) is 3. The van der Waals surface area contributed by atoms with Crippen molar-refractivity contribution in [1.29, 1.82) is 0 Å². The number of nitrogens with one attached hydrogen (secondary N) is 3. The van der Waals surface area contributed by atoms with Gasteiger partial charge in [-0.2, -0.15) is 5.10 Å². The first-order valence-corrected chi connectivity index (χ1v) is 11.1. The predicted octanol–water partition coefficient (Wildman–Crippen LogP) is 4.83. The monoisotopic (exact) mass is 418 g/mol. The minimum atomic E-state index is -0.634. The normalized spacial score (nSPS) is 14.8. The second-order valence-electron chi connectivity index (χ2n) is 7.77. The largest absolute Gasteiger partial charge is 0.345 e. The van der Waals surface area contributed by atoms with Crippen molar-refractivity contribution < 1.29 is 9.59 Å². The topological polar surface area (TPSA) is 86.9 Å². The highest BCUT2D eigenvalue weighted by Crippen LogP contribution is 2.38.